The number of nitrogens with zero attached hydrogens (tertiary/aromatic N) is 1. The maximum Gasteiger partial charge on any atom is 0.231 e. The SMILES string of the molecule is CCCC(C(=O)NC(C)CCSCC)C(N)=NO. The molecule has 0 aliphatic heterocycles. The van der Waals surface area contributed by atoms with Crippen LogP contribution in [0.5, 0.6) is 0 Å². The molecule has 4 N–H and O–H groups in total. The number of thioether (sulfide) groups is 1. The van der Waals surface area contributed by atoms with Gasteiger partial charge in [-0.15, -0.1) is 0 Å². The van der Waals surface area contributed by atoms with Gasteiger partial charge in [0.05, 0.1) is 5.92 Å². The fourth-order valence-electron chi connectivity index (χ4n) is 1.59. The van der Waals surface area contributed by atoms with Crippen LogP contribution >= 0.6 is 11.8 Å². The van der Waals surface area contributed by atoms with Gasteiger partial charge in [-0.25, -0.2) is 0 Å². The van der Waals surface area contributed by atoms with Crippen LogP contribution in [0.2, 0.25) is 0 Å². The number of nitrogens with one attached hydrogen (secondary N) is 1. The van der Waals surface area contributed by atoms with Crippen LogP contribution in [-0.4, -0.2) is 34.5 Å². The molecule has 0 aromatic heterocycles. The van der Waals surface area contributed by atoms with Gasteiger partial charge in [-0.3, -0.25) is 4.79 Å². The molecule has 0 saturated heterocycles. The fourth-order valence-corrected chi connectivity index (χ4v) is 2.40. The highest BCUT2D eigenvalue weighted by Gasteiger charge is 2.23. The van der Waals surface area contributed by atoms with E-state index in [1.165, 1.54) is 0 Å². The molecule has 2 atom stereocenters. The number of hydrogen-bond donors (Lipinski definition) is 3. The Hall–Kier alpha value is -0.910. The number of carbonyl (C=O) groups is 1. The first kappa shape index (κ1) is 17.1. The minimum atomic E-state index is -0.527. The van der Waals surface area contributed by atoms with E-state index < -0.39 is 5.92 Å². The highest BCUT2D eigenvalue weighted by Crippen LogP contribution is 2.09. The number of nitrogens with two attached hydrogens (primary N) is 1. The molecule has 0 heterocycles. The Morgan fingerprint density at radius 1 is 1.44 bits per heavy atom. The summed E-state index contributed by atoms with van der Waals surface area (Å²) in [5.74, 6) is 1.43. The smallest absolute Gasteiger partial charge is 0.231 e. The Balaban J connectivity index is 4.24. The normalized spacial score (nSPS) is 15.2. The van der Waals surface area contributed by atoms with Crippen molar-refractivity contribution < 1.29 is 10.0 Å². The lowest BCUT2D eigenvalue weighted by molar-refractivity contribution is -0.123. The summed E-state index contributed by atoms with van der Waals surface area (Å²) < 4.78 is 0. The summed E-state index contributed by atoms with van der Waals surface area (Å²) in [5, 5.41) is 14.5. The molecule has 5 nitrogen and oxygen atoms in total. The lowest BCUT2D eigenvalue weighted by Crippen LogP contribution is -2.42. The highest BCUT2D eigenvalue weighted by atomic mass is 32.2. The summed E-state index contributed by atoms with van der Waals surface area (Å²) in [4.78, 5) is 12.0. The van der Waals surface area contributed by atoms with E-state index >= 15 is 0 Å². The third kappa shape index (κ3) is 6.74. The first-order valence-corrected chi connectivity index (χ1v) is 7.57. The molecule has 0 saturated carbocycles. The first-order chi connectivity index (χ1) is 8.56. The maximum absolute atomic E-state index is 12.0. The van der Waals surface area contributed by atoms with Crippen LogP contribution in [0.1, 0.15) is 40.0 Å². The van der Waals surface area contributed by atoms with Crippen LogP contribution in [-0.2, 0) is 4.79 Å². The topological polar surface area (TPSA) is 87.7 Å². The van der Waals surface area contributed by atoms with Crippen LogP contribution < -0.4 is 11.1 Å². The van der Waals surface area contributed by atoms with Crippen LogP contribution in [0.15, 0.2) is 5.16 Å². The molecule has 6 heteroatoms. The number of rotatable bonds is 9. The van der Waals surface area contributed by atoms with Crippen molar-refractivity contribution in [2.45, 2.75) is 46.1 Å². The summed E-state index contributed by atoms with van der Waals surface area (Å²) in [6, 6.07) is 0.113. The predicted octanol–water partition coefficient (Wildman–Crippen LogP) is 1.80. The first-order valence-electron chi connectivity index (χ1n) is 6.42. The molecule has 0 rings (SSSR count). The molecule has 0 radical (unpaired) electrons. The molecule has 0 aromatic carbocycles. The number of carbonyl (C=O) groups excluding carboxylic acids is 1. The van der Waals surface area contributed by atoms with Gasteiger partial charge in [0, 0.05) is 6.04 Å². The van der Waals surface area contributed by atoms with Gasteiger partial charge < -0.3 is 16.3 Å². The van der Waals surface area contributed by atoms with Crippen molar-refractivity contribution in [3.63, 3.8) is 0 Å². The van der Waals surface area contributed by atoms with E-state index in [-0.39, 0.29) is 17.8 Å². The van der Waals surface area contributed by atoms with Crippen molar-refractivity contribution in [2.24, 2.45) is 16.8 Å². The van der Waals surface area contributed by atoms with E-state index in [9.17, 15) is 4.79 Å². The van der Waals surface area contributed by atoms with Crippen molar-refractivity contribution in [3.05, 3.63) is 0 Å². The second-order valence-corrected chi connectivity index (χ2v) is 5.66. The number of hydrogen-bond acceptors (Lipinski definition) is 4. The third-order valence-electron chi connectivity index (χ3n) is 2.65. The minimum absolute atomic E-state index is 0.00974. The molecular formula is C12H25N3O2S. The van der Waals surface area contributed by atoms with Gasteiger partial charge in [0.25, 0.3) is 0 Å². The molecule has 0 fully saturated rings. The Kier molecular flexibility index (Phi) is 9.55. The minimum Gasteiger partial charge on any atom is -0.409 e. The lowest BCUT2D eigenvalue weighted by Gasteiger charge is -2.18. The summed E-state index contributed by atoms with van der Waals surface area (Å²) >= 11 is 1.85. The molecule has 0 aliphatic carbocycles. The Labute approximate surface area is 114 Å². The lowest BCUT2D eigenvalue weighted by atomic mass is 10.0. The van der Waals surface area contributed by atoms with Gasteiger partial charge in [0.1, 0.15) is 0 Å². The summed E-state index contributed by atoms with van der Waals surface area (Å²) in [6.07, 6.45) is 2.34. The highest BCUT2D eigenvalue weighted by molar-refractivity contribution is 7.99. The van der Waals surface area contributed by atoms with Gasteiger partial charge in [0.15, 0.2) is 5.84 Å². The Morgan fingerprint density at radius 2 is 2.11 bits per heavy atom. The summed E-state index contributed by atoms with van der Waals surface area (Å²) in [7, 11) is 0. The van der Waals surface area contributed by atoms with Crippen LogP contribution in [0.4, 0.5) is 0 Å². The summed E-state index contributed by atoms with van der Waals surface area (Å²) in [5.41, 5.74) is 5.54. The molecule has 0 spiro atoms. The fraction of sp³-hybridized carbons (Fsp3) is 0.833. The maximum atomic E-state index is 12.0. The molecular weight excluding hydrogens is 250 g/mol. The van der Waals surface area contributed by atoms with Crippen LogP contribution in [0.3, 0.4) is 0 Å². The number of amides is 1. The molecule has 1 amide bonds. The van der Waals surface area contributed by atoms with Crippen molar-refractivity contribution in [3.8, 4) is 0 Å². The second kappa shape index (κ2) is 10.1. The van der Waals surface area contributed by atoms with Crippen molar-refractivity contribution in [1.82, 2.24) is 5.32 Å². The Bertz CT molecular complexity index is 272. The monoisotopic (exact) mass is 275 g/mol. The standard InChI is InChI=1S/C12H25N3O2S/c1-4-6-10(11(13)15-17)12(16)14-9(3)7-8-18-5-2/h9-10,17H,4-8H2,1-3H3,(H2,13,15)(H,14,16). The van der Waals surface area contributed by atoms with Gasteiger partial charge in [-0.2, -0.15) is 11.8 Å². The van der Waals surface area contributed by atoms with Crippen molar-refractivity contribution in [1.29, 1.82) is 0 Å². The van der Waals surface area contributed by atoms with E-state index in [1.54, 1.807) is 0 Å². The predicted molar refractivity (Wildman–Crippen MR) is 77.0 cm³/mol. The van der Waals surface area contributed by atoms with Crippen LogP contribution in [0, 0.1) is 5.92 Å². The quantitative estimate of drug-likeness (QED) is 0.197. The number of oxime groups is 1. The van der Waals surface area contributed by atoms with Gasteiger partial charge in [-0.1, -0.05) is 25.4 Å². The van der Waals surface area contributed by atoms with E-state index in [0.29, 0.717) is 6.42 Å². The molecule has 106 valence electrons. The second-order valence-electron chi connectivity index (χ2n) is 4.26. The average Bonchev–Trinajstić information content (AvgIpc) is 2.35. The van der Waals surface area contributed by atoms with Gasteiger partial charge >= 0.3 is 0 Å². The summed E-state index contributed by atoms with van der Waals surface area (Å²) in [6.45, 7) is 6.05. The van der Waals surface area contributed by atoms with Gasteiger partial charge in [-0.05, 0) is 31.3 Å². The Morgan fingerprint density at radius 3 is 2.61 bits per heavy atom. The van der Waals surface area contributed by atoms with Crippen LogP contribution in [0.25, 0.3) is 0 Å². The van der Waals surface area contributed by atoms with Crippen molar-refractivity contribution in [2.75, 3.05) is 11.5 Å². The average molecular weight is 275 g/mol. The van der Waals surface area contributed by atoms with E-state index in [0.717, 1.165) is 24.3 Å². The van der Waals surface area contributed by atoms with E-state index in [4.69, 9.17) is 10.9 Å². The molecule has 2 unspecified atom stereocenters. The van der Waals surface area contributed by atoms with Gasteiger partial charge in [0.2, 0.25) is 5.91 Å². The largest absolute Gasteiger partial charge is 0.409 e. The molecule has 0 bridgehead atoms. The molecule has 18 heavy (non-hydrogen) atoms. The zero-order valence-electron chi connectivity index (χ0n) is 11.5. The molecule has 0 aromatic rings. The molecule has 0 aliphatic rings. The third-order valence-corrected chi connectivity index (χ3v) is 3.59. The zero-order chi connectivity index (χ0) is 14.0. The van der Waals surface area contributed by atoms with E-state index in [2.05, 4.69) is 17.4 Å². The number of amidine groups is 1. The van der Waals surface area contributed by atoms with Crippen molar-refractivity contribution >= 4 is 23.5 Å². The zero-order valence-corrected chi connectivity index (χ0v) is 12.3. The van der Waals surface area contributed by atoms with E-state index in [1.807, 2.05) is 25.6 Å².